The van der Waals surface area contributed by atoms with E-state index in [1.807, 2.05) is 39.2 Å². The van der Waals surface area contributed by atoms with Gasteiger partial charge in [-0.05, 0) is 32.6 Å². The van der Waals surface area contributed by atoms with Crippen molar-refractivity contribution in [1.82, 2.24) is 10.2 Å². The summed E-state index contributed by atoms with van der Waals surface area (Å²) in [6.07, 6.45) is 0. The highest BCUT2D eigenvalue weighted by molar-refractivity contribution is 5.99. The van der Waals surface area contributed by atoms with Crippen LogP contribution in [0.3, 0.4) is 0 Å². The lowest BCUT2D eigenvalue weighted by Gasteiger charge is -2.15. The monoisotopic (exact) mass is 249 g/mol. The van der Waals surface area contributed by atoms with Crippen molar-refractivity contribution in [3.8, 4) is 0 Å². The van der Waals surface area contributed by atoms with Crippen LogP contribution in [0.2, 0.25) is 0 Å². The number of amides is 1. The molecule has 2 N–H and O–H groups in total. The first-order valence-corrected chi connectivity index (χ1v) is 6.33. The van der Waals surface area contributed by atoms with Crippen LogP contribution in [0, 0.1) is 6.92 Å². The molecule has 0 saturated carbocycles. The Morgan fingerprint density at radius 1 is 1.39 bits per heavy atom. The van der Waals surface area contributed by atoms with Crippen molar-refractivity contribution in [2.75, 3.05) is 39.0 Å². The topological polar surface area (TPSA) is 44.4 Å². The lowest BCUT2D eigenvalue weighted by molar-refractivity contribution is 0.0951. The van der Waals surface area contributed by atoms with E-state index in [4.69, 9.17) is 0 Å². The first kappa shape index (κ1) is 14.5. The maximum absolute atomic E-state index is 12.1. The summed E-state index contributed by atoms with van der Waals surface area (Å²) in [5.74, 6) is -0.0208. The smallest absolute Gasteiger partial charge is 0.253 e. The number of hydrogen-bond acceptors (Lipinski definition) is 3. The van der Waals surface area contributed by atoms with Gasteiger partial charge in [-0.2, -0.15) is 0 Å². The van der Waals surface area contributed by atoms with E-state index in [2.05, 4.69) is 22.5 Å². The van der Waals surface area contributed by atoms with Crippen LogP contribution in [0.5, 0.6) is 0 Å². The number of rotatable bonds is 6. The maximum atomic E-state index is 12.1. The van der Waals surface area contributed by atoms with Gasteiger partial charge in [0.1, 0.15) is 0 Å². The Morgan fingerprint density at radius 3 is 2.72 bits per heavy atom. The van der Waals surface area contributed by atoms with Crippen molar-refractivity contribution in [2.24, 2.45) is 0 Å². The molecule has 0 bridgehead atoms. The second-order valence-corrected chi connectivity index (χ2v) is 4.45. The zero-order chi connectivity index (χ0) is 13.5. The molecule has 0 aliphatic carbocycles. The molecular weight excluding hydrogens is 226 g/mol. The zero-order valence-electron chi connectivity index (χ0n) is 11.7. The highest BCUT2D eigenvalue weighted by atomic mass is 16.1. The first-order valence-electron chi connectivity index (χ1n) is 6.33. The summed E-state index contributed by atoms with van der Waals surface area (Å²) in [6, 6.07) is 5.83. The molecule has 4 heteroatoms. The number of nitrogens with one attached hydrogen (secondary N) is 2. The van der Waals surface area contributed by atoms with Crippen LogP contribution in [0.1, 0.15) is 22.8 Å². The molecule has 4 nitrogen and oxygen atoms in total. The van der Waals surface area contributed by atoms with Gasteiger partial charge in [0, 0.05) is 25.8 Å². The SMILES string of the molecule is CCN(C)CCNC(=O)c1cc(C)ccc1NC. The number of carbonyl (C=O) groups excluding carboxylic acids is 1. The molecule has 1 aromatic rings. The minimum atomic E-state index is -0.0208. The molecule has 0 aromatic heterocycles. The number of hydrogen-bond donors (Lipinski definition) is 2. The van der Waals surface area contributed by atoms with Crippen molar-refractivity contribution in [3.05, 3.63) is 29.3 Å². The molecule has 0 fully saturated rings. The number of anilines is 1. The van der Waals surface area contributed by atoms with Gasteiger partial charge in [0.2, 0.25) is 0 Å². The summed E-state index contributed by atoms with van der Waals surface area (Å²) in [5, 5.41) is 5.99. The van der Waals surface area contributed by atoms with Crippen LogP contribution in [-0.4, -0.2) is 44.5 Å². The van der Waals surface area contributed by atoms with Gasteiger partial charge in [0.15, 0.2) is 0 Å². The minimum Gasteiger partial charge on any atom is -0.387 e. The van der Waals surface area contributed by atoms with E-state index in [1.54, 1.807) is 0 Å². The molecule has 1 amide bonds. The van der Waals surface area contributed by atoms with E-state index in [1.165, 1.54) is 0 Å². The van der Waals surface area contributed by atoms with Crippen LogP contribution < -0.4 is 10.6 Å². The summed E-state index contributed by atoms with van der Waals surface area (Å²) in [4.78, 5) is 14.2. The van der Waals surface area contributed by atoms with Gasteiger partial charge in [0.25, 0.3) is 5.91 Å². The fourth-order valence-electron chi connectivity index (χ4n) is 1.68. The van der Waals surface area contributed by atoms with E-state index in [9.17, 15) is 4.79 Å². The van der Waals surface area contributed by atoms with E-state index in [-0.39, 0.29) is 5.91 Å². The molecule has 0 aliphatic heterocycles. The van der Waals surface area contributed by atoms with Crippen LogP contribution in [0.15, 0.2) is 18.2 Å². The third kappa shape index (κ3) is 4.04. The summed E-state index contributed by atoms with van der Waals surface area (Å²) in [5.41, 5.74) is 2.66. The van der Waals surface area contributed by atoms with Crippen molar-refractivity contribution in [2.45, 2.75) is 13.8 Å². The summed E-state index contributed by atoms with van der Waals surface area (Å²) in [6.45, 7) is 6.61. The van der Waals surface area contributed by atoms with Crippen LogP contribution in [0.25, 0.3) is 0 Å². The Hall–Kier alpha value is -1.55. The van der Waals surface area contributed by atoms with E-state index in [0.717, 1.165) is 24.3 Å². The molecule has 18 heavy (non-hydrogen) atoms. The average Bonchev–Trinajstić information content (AvgIpc) is 2.38. The van der Waals surface area contributed by atoms with Crippen LogP contribution in [0.4, 0.5) is 5.69 Å². The molecule has 1 aromatic carbocycles. The second kappa shape index (κ2) is 7.01. The fraction of sp³-hybridized carbons (Fsp3) is 0.500. The number of carbonyl (C=O) groups is 1. The van der Waals surface area contributed by atoms with E-state index < -0.39 is 0 Å². The first-order chi connectivity index (χ1) is 8.58. The summed E-state index contributed by atoms with van der Waals surface area (Å²) in [7, 11) is 3.87. The molecule has 0 radical (unpaired) electrons. The molecule has 0 atom stereocenters. The van der Waals surface area contributed by atoms with Gasteiger partial charge in [-0.1, -0.05) is 18.6 Å². The Morgan fingerprint density at radius 2 is 2.11 bits per heavy atom. The largest absolute Gasteiger partial charge is 0.387 e. The second-order valence-electron chi connectivity index (χ2n) is 4.45. The third-order valence-corrected chi connectivity index (χ3v) is 3.01. The fourth-order valence-corrected chi connectivity index (χ4v) is 1.68. The van der Waals surface area contributed by atoms with Crippen LogP contribution >= 0.6 is 0 Å². The standard InChI is InChI=1S/C14H23N3O/c1-5-17(4)9-8-16-14(18)12-10-11(2)6-7-13(12)15-3/h6-7,10,15H,5,8-9H2,1-4H3,(H,16,18). The highest BCUT2D eigenvalue weighted by Gasteiger charge is 2.10. The van der Waals surface area contributed by atoms with E-state index >= 15 is 0 Å². The van der Waals surface area contributed by atoms with Crippen molar-refractivity contribution < 1.29 is 4.79 Å². The summed E-state index contributed by atoms with van der Waals surface area (Å²) >= 11 is 0. The summed E-state index contributed by atoms with van der Waals surface area (Å²) < 4.78 is 0. The molecule has 1 rings (SSSR count). The number of likely N-dealkylation sites (N-methyl/N-ethyl adjacent to an activating group) is 1. The third-order valence-electron chi connectivity index (χ3n) is 3.01. The normalized spacial score (nSPS) is 10.5. The average molecular weight is 249 g/mol. The lowest BCUT2D eigenvalue weighted by atomic mass is 10.1. The van der Waals surface area contributed by atoms with Gasteiger partial charge >= 0.3 is 0 Å². The van der Waals surface area contributed by atoms with Gasteiger partial charge in [-0.15, -0.1) is 0 Å². The van der Waals surface area contributed by atoms with Gasteiger partial charge in [0.05, 0.1) is 5.56 Å². The quantitative estimate of drug-likeness (QED) is 0.807. The molecule has 0 heterocycles. The number of benzene rings is 1. The van der Waals surface area contributed by atoms with Crippen molar-refractivity contribution in [1.29, 1.82) is 0 Å². The highest BCUT2D eigenvalue weighted by Crippen LogP contribution is 2.16. The van der Waals surface area contributed by atoms with Gasteiger partial charge in [-0.25, -0.2) is 0 Å². The van der Waals surface area contributed by atoms with Gasteiger partial charge in [-0.3, -0.25) is 4.79 Å². The van der Waals surface area contributed by atoms with Crippen LogP contribution in [-0.2, 0) is 0 Å². The van der Waals surface area contributed by atoms with E-state index in [0.29, 0.717) is 12.1 Å². The Balaban J connectivity index is 2.63. The molecule has 0 saturated heterocycles. The Bertz CT molecular complexity index is 404. The Kier molecular flexibility index (Phi) is 5.65. The Labute approximate surface area is 109 Å². The number of nitrogens with zero attached hydrogens (tertiary/aromatic N) is 1. The minimum absolute atomic E-state index is 0.0208. The molecule has 0 spiro atoms. The maximum Gasteiger partial charge on any atom is 0.253 e. The molecule has 100 valence electrons. The zero-order valence-corrected chi connectivity index (χ0v) is 11.7. The molecule has 0 unspecified atom stereocenters. The molecule has 0 aliphatic rings. The van der Waals surface area contributed by atoms with Gasteiger partial charge < -0.3 is 15.5 Å². The number of aryl methyl sites for hydroxylation is 1. The molecular formula is C14H23N3O. The predicted octanol–water partition coefficient (Wildman–Crippen LogP) is 1.72. The predicted molar refractivity (Wildman–Crippen MR) is 76.2 cm³/mol. The lowest BCUT2D eigenvalue weighted by Crippen LogP contribution is -2.33. The van der Waals surface area contributed by atoms with Crippen molar-refractivity contribution >= 4 is 11.6 Å². The van der Waals surface area contributed by atoms with Crippen molar-refractivity contribution in [3.63, 3.8) is 0 Å².